The van der Waals surface area contributed by atoms with E-state index in [1.54, 1.807) is 0 Å². The first kappa shape index (κ1) is 6.16. The summed E-state index contributed by atoms with van der Waals surface area (Å²) in [5.41, 5.74) is 0.238. The van der Waals surface area contributed by atoms with E-state index in [9.17, 15) is 4.79 Å². The van der Waals surface area contributed by atoms with Gasteiger partial charge in [0.15, 0.2) is 0 Å². The number of amides is 1. The molecule has 1 unspecified atom stereocenters. The van der Waals surface area contributed by atoms with Crippen molar-refractivity contribution in [3.63, 3.8) is 0 Å². The molecule has 0 aromatic heterocycles. The van der Waals surface area contributed by atoms with Crippen LogP contribution in [0.1, 0.15) is 12.8 Å². The van der Waals surface area contributed by atoms with E-state index in [1.165, 1.54) is 6.42 Å². The summed E-state index contributed by atoms with van der Waals surface area (Å²) in [5, 5.41) is 3.28. The zero-order valence-electron chi connectivity index (χ0n) is 5.97. The molecule has 56 valence electrons. The van der Waals surface area contributed by atoms with Crippen LogP contribution in [0.2, 0.25) is 0 Å². The summed E-state index contributed by atoms with van der Waals surface area (Å²) in [6.45, 7) is 3.04. The summed E-state index contributed by atoms with van der Waals surface area (Å²) in [4.78, 5) is 12.4. The second-order valence-electron chi connectivity index (χ2n) is 3.20. The van der Waals surface area contributed by atoms with Gasteiger partial charge in [-0.1, -0.05) is 0 Å². The molecule has 3 nitrogen and oxygen atoms in total. The fourth-order valence-corrected chi connectivity index (χ4v) is 1.91. The van der Waals surface area contributed by atoms with Crippen molar-refractivity contribution in [2.75, 3.05) is 19.6 Å². The van der Waals surface area contributed by atoms with Crippen LogP contribution < -0.4 is 5.32 Å². The lowest BCUT2D eigenvalue weighted by atomic mass is 9.85. The monoisotopic (exact) mass is 140 g/mol. The van der Waals surface area contributed by atoms with Crippen molar-refractivity contribution in [1.29, 1.82) is 0 Å². The van der Waals surface area contributed by atoms with Crippen LogP contribution in [0.3, 0.4) is 0 Å². The van der Waals surface area contributed by atoms with E-state index in [0.29, 0.717) is 0 Å². The highest BCUT2D eigenvalue weighted by molar-refractivity contribution is 5.51. The molecule has 1 atom stereocenters. The zero-order chi connectivity index (χ0) is 7.03. The predicted molar refractivity (Wildman–Crippen MR) is 37.6 cm³/mol. The fraction of sp³-hybridized carbons (Fsp3) is 0.857. The van der Waals surface area contributed by atoms with Crippen molar-refractivity contribution in [2.24, 2.45) is 0 Å². The molecule has 2 aliphatic heterocycles. The minimum absolute atomic E-state index is 0.238. The van der Waals surface area contributed by atoms with Crippen molar-refractivity contribution in [1.82, 2.24) is 10.2 Å². The highest BCUT2D eigenvalue weighted by Crippen LogP contribution is 2.33. The van der Waals surface area contributed by atoms with Gasteiger partial charge in [0.05, 0.1) is 5.54 Å². The summed E-state index contributed by atoms with van der Waals surface area (Å²) >= 11 is 0. The van der Waals surface area contributed by atoms with Gasteiger partial charge in [0.2, 0.25) is 6.41 Å². The van der Waals surface area contributed by atoms with E-state index in [0.717, 1.165) is 32.5 Å². The molecule has 1 N–H and O–H groups in total. The maximum Gasteiger partial charge on any atom is 0.210 e. The molecule has 0 aromatic rings. The Bertz CT molecular complexity index is 152. The largest absolute Gasteiger partial charge is 0.338 e. The molecule has 2 fully saturated rings. The minimum atomic E-state index is 0.238. The summed E-state index contributed by atoms with van der Waals surface area (Å²) < 4.78 is 0. The Balaban J connectivity index is 2.07. The average molecular weight is 140 g/mol. The number of nitrogens with one attached hydrogen (secondary N) is 1. The Morgan fingerprint density at radius 3 is 2.80 bits per heavy atom. The Kier molecular flexibility index (Phi) is 1.20. The molecule has 2 saturated heterocycles. The number of nitrogens with zero attached hydrogens (tertiary/aromatic N) is 1. The number of hydrogen-bond donors (Lipinski definition) is 1. The van der Waals surface area contributed by atoms with Gasteiger partial charge in [0.25, 0.3) is 0 Å². The number of carbonyl (C=O) groups is 1. The van der Waals surface area contributed by atoms with E-state index in [4.69, 9.17) is 0 Å². The van der Waals surface area contributed by atoms with Crippen LogP contribution in [0.4, 0.5) is 0 Å². The van der Waals surface area contributed by atoms with Crippen LogP contribution in [0.25, 0.3) is 0 Å². The van der Waals surface area contributed by atoms with Gasteiger partial charge in [-0.3, -0.25) is 4.79 Å². The van der Waals surface area contributed by atoms with Crippen LogP contribution >= 0.6 is 0 Å². The Hall–Kier alpha value is -0.570. The summed E-state index contributed by atoms with van der Waals surface area (Å²) in [7, 11) is 0. The van der Waals surface area contributed by atoms with E-state index >= 15 is 0 Å². The molecule has 10 heavy (non-hydrogen) atoms. The van der Waals surface area contributed by atoms with Gasteiger partial charge < -0.3 is 10.2 Å². The standard InChI is InChI=1S/C7H12N2O/c10-6-9-4-2-7(9)1-3-8-5-7/h6,8H,1-5H2. The molecular formula is C7H12N2O. The van der Waals surface area contributed by atoms with Gasteiger partial charge in [0.1, 0.15) is 0 Å². The second kappa shape index (κ2) is 1.95. The van der Waals surface area contributed by atoms with Gasteiger partial charge in [-0.15, -0.1) is 0 Å². The Morgan fingerprint density at radius 2 is 2.40 bits per heavy atom. The highest BCUT2D eigenvalue weighted by Gasteiger charge is 2.45. The molecule has 0 bridgehead atoms. The van der Waals surface area contributed by atoms with E-state index in [1.807, 2.05) is 4.90 Å². The van der Waals surface area contributed by atoms with Crippen LogP contribution in [0.5, 0.6) is 0 Å². The van der Waals surface area contributed by atoms with Crippen molar-refractivity contribution in [2.45, 2.75) is 18.4 Å². The van der Waals surface area contributed by atoms with Crippen molar-refractivity contribution < 1.29 is 4.79 Å². The first-order valence-corrected chi connectivity index (χ1v) is 3.80. The third-order valence-corrected chi connectivity index (χ3v) is 2.78. The maximum absolute atomic E-state index is 10.4. The minimum Gasteiger partial charge on any atom is -0.338 e. The van der Waals surface area contributed by atoms with Crippen LogP contribution in [-0.2, 0) is 4.79 Å². The third-order valence-electron chi connectivity index (χ3n) is 2.78. The lowest BCUT2D eigenvalue weighted by Crippen LogP contribution is -2.60. The van der Waals surface area contributed by atoms with Crippen molar-refractivity contribution in [3.8, 4) is 0 Å². The second-order valence-corrected chi connectivity index (χ2v) is 3.20. The predicted octanol–water partition coefficient (Wildman–Crippen LogP) is -0.419. The lowest BCUT2D eigenvalue weighted by molar-refractivity contribution is -0.131. The van der Waals surface area contributed by atoms with Gasteiger partial charge >= 0.3 is 0 Å². The van der Waals surface area contributed by atoms with Crippen LogP contribution in [0, 0.1) is 0 Å². The Morgan fingerprint density at radius 1 is 1.50 bits per heavy atom. The van der Waals surface area contributed by atoms with Crippen molar-refractivity contribution in [3.05, 3.63) is 0 Å². The summed E-state index contributed by atoms with van der Waals surface area (Å²) in [5.74, 6) is 0. The molecule has 0 aromatic carbocycles. The van der Waals surface area contributed by atoms with E-state index in [2.05, 4.69) is 5.32 Å². The van der Waals surface area contributed by atoms with E-state index < -0.39 is 0 Å². The fourth-order valence-electron chi connectivity index (χ4n) is 1.91. The summed E-state index contributed by atoms with van der Waals surface area (Å²) in [6.07, 6.45) is 3.32. The first-order valence-electron chi connectivity index (χ1n) is 3.80. The number of carbonyl (C=O) groups excluding carboxylic acids is 1. The van der Waals surface area contributed by atoms with Crippen molar-refractivity contribution >= 4 is 6.41 Å². The Labute approximate surface area is 60.4 Å². The normalized spacial score (nSPS) is 38.2. The molecule has 0 aliphatic carbocycles. The zero-order valence-corrected chi connectivity index (χ0v) is 5.97. The SMILES string of the molecule is O=CN1CCC12CCNC2. The van der Waals surface area contributed by atoms with E-state index in [-0.39, 0.29) is 5.54 Å². The molecule has 0 saturated carbocycles. The quantitative estimate of drug-likeness (QED) is 0.502. The highest BCUT2D eigenvalue weighted by atomic mass is 16.1. The molecule has 2 aliphatic rings. The molecule has 3 heteroatoms. The molecular weight excluding hydrogens is 128 g/mol. The lowest BCUT2D eigenvalue weighted by Gasteiger charge is -2.48. The molecule has 1 spiro atoms. The number of rotatable bonds is 1. The van der Waals surface area contributed by atoms with Gasteiger partial charge in [-0.05, 0) is 19.4 Å². The molecule has 1 amide bonds. The smallest absolute Gasteiger partial charge is 0.210 e. The third kappa shape index (κ3) is 0.611. The van der Waals surface area contributed by atoms with Gasteiger partial charge in [-0.2, -0.15) is 0 Å². The summed E-state index contributed by atoms with van der Waals surface area (Å²) in [6, 6.07) is 0. The average Bonchev–Trinajstić information content (AvgIpc) is 2.35. The number of likely N-dealkylation sites (tertiary alicyclic amines) is 1. The molecule has 2 rings (SSSR count). The van der Waals surface area contributed by atoms with Gasteiger partial charge in [0, 0.05) is 13.1 Å². The van der Waals surface area contributed by atoms with Crippen LogP contribution in [0.15, 0.2) is 0 Å². The molecule has 2 heterocycles. The first-order chi connectivity index (χ1) is 4.87. The van der Waals surface area contributed by atoms with Crippen LogP contribution in [-0.4, -0.2) is 36.5 Å². The van der Waals surface area contributed by atoms with Gasteiger partial charge in [-0.25, -0.2) is 0 Å². The number of hydrogen-bond acceptors (Lipinski definition) is 2. The molecule has 0 radical (unpaired) electrons. The maximum atomic E-state index is 10.4. The topological polar surface area (TPSA) is 32.3 Å².